The van der Waals surface area contributed by atoms with Gasteiger partial charge in [-0.3, -0.25) is 9.59 Å². The predicted molar refractivity (Wildman–Crippen MR) is 105 cm³/mol. The molecule has 2 saturated carbocycles. The Hall–Kier alpha value is -1.69. The molecule has 4 aliphatic carbocycles. The fraction of sp³-hybridized carbons (Fsp3) is 0.708. The molecule has 0 heterocycles. The quantitative estimate of drug-likeness (QED) is 0.655. The van der Waals surface area contributed by atoms with Crippen molar-refractivity contribution in [2.24, 2.45) is 40.4 Å². The first kappa shape index (κ1) is 18.7. The van der Waals surface area contributed by atoms with Gasteiger partial charge in [-0.2, -0.15) is 5.26 Å². The highest BCUT2D eigenvalue weighted by molar-refractivity contribution is 6.02. The van der Waals surface area contributed by atoms with Crippen LogP contribution in [0.1, 0.15) is 66.2 Å². The van der Waals surface area contributed by atoms with Gasteiger partial charge in [-0.05, 0) is 54.9 Å². The van der Waals surface area contributed by atoms with Crippen molar-refractivity contribution in [3.8, 4) is 6.07 Å². The monoisotopic (exact) mass is 365 g/mol. The normalized spacial score (nSPS) is 46.4. The first-order chi connectivity index (χ1) is 12.8. The third kappa shape index (κ3) is 2.38. The molecule has 0 saturated heterocycles. The number of ketones is 2. The molecule has 0 aromatic heterocycles. The second-order valence-corrected chi connectivity index (χ2v) is 9.86. The maximum atomic E-state index is 13.3. The van der Waals surface area contributed by atoms with Crippen LogP contribution >= 0.6 is 0 Å². The summed E-state index contributed by atoms with van der Waals surface area (Å²) in [5.41, 5.74) is 1.15. The van der Waals surface area contributed by atoms with Crippen molar-refractivity contribution in [1.29, 1.82) is 5.26 Å². The fourth-order valence-corrected chi connectivity index (χ4v) is 7.38. The molecule has 3 nitrogen and oxygen atoms in total. The predicted octanol–water partition coefficient (Wildman–Crippen LogP) is 5.03. The zero-order valence-corrected chi connectivity index (χ0v) is 17.0. The summed E-state index contributed by atoms with van der Waals surface area (Å²) in [7, 11) is 0. The molecule has 0 amide bonds. The minimum atomic E-state index is -0.356. The summed E-state index contributed by atoms with van der Waals surface area (Å²) >= 11 is 0. The number of hydrogen-bond donors (Lipinski definition) is 0. The van der Waals surface area contributed by atoms with Gasteiger partial charge >= 0.3 is 0 Å². The SMILES string of the molecule is CCC1CCCC2C1C(=O)C=C1C3(C)C=C(C#N)C(=O)C(C)C3CCC12C. The third-order valence-electron chi connectivity index (χ3n) is 8.78. The molecular weight excluding hydrogens is 334 g/mol. The topological polar surface area (TPSA) is 57.9 Å². The number of nitriles is 1. The van der Waals surface area contributed by atoms with Crippen LogP contribution < -0.4 is 0 Å². The fourth-order valence-electron chi connectivity index (χ4n) is 7.38. The Balaban J connectivity index is 1.88. The Morgan fingerprint density at radius 1 is 1.19 bits per heavy atom. The van der Waals surface area contributed by atoms with Crippen LogP contribution in [0.15, 0.2) is 23.3 Å². The average molecular weight is 366 g/mol. The lowest BCUT2D eigenvalue weighted by Gasteiger charge is -2.60. The summed E-state index contributed by atoms with van der Waals surface area (Å²) < 4.78 is 0. The van der Waals surface area contributed by atoms with Crippen LogP contribution in [-0.4, -0.2) is 11.6 Å². The molecule has 0 spiro atoms. The molecule has 4 rings (SSSR count). The molecule has 0 radical (unpaired) electrons. The van der Waals surface area contributed by atoms with E-state index in [1.807, 2.05) is 19.1 Å². The van der Waals surface area contributed by atoms with Gasteiger partial charge in [0.05, 0.1) is 5.57 Å². The number of rotatable bonds is 1. The van der Waals surface area contributed by atoms with Gasteiger partial charge in [0, 0.05) is 17.3 Å². The van der Waals surface area contributed by atoms with E-state index in [0.29, 0.717) is 17.6 Å². The van der Waals surface area contributed by atoms with Gasteiger partial charge < -0.3 is 0 Å². The summed E-state index contributed by atoms with van der Waals surface area (Å²) in [4.78, 5) is 25.9. The molecule has 0 aromatic carbocycles. The van der Waals surface area contributed by atoms with Crippen molar-refractivity contribution >= 4 is 11.6 Å². The first-order valence-electron chi connectivity index (χ1n) is 10.7. The van der Waals surface area contributed by atoms with Gasteiger partial charge in [-0.25, -0.2) is 0 Å². The maximum absolute atomic E-state index is 13.3. The van der Waals surface area contributed by atoms with Crippen molar-refractivity contribution in [2.45, 2.75) is 66.2 Å². The van der Waals surface area contributed by atoms with Crippen molar-refractivity contribution in [1.82, 2.24) is 0 Å². The number of allylic oxidation sites excluding steroid dienone is 4. The molecule has 7 atom stereocenters. The van der Waals surface area contributed by atoms with Gasteiger partial charge in [0.1, 0.15) is 6.07 Å². The van der Waals surface area contributed by atoms with E-state index in [-0.39, 0.29) is 39.9 Å². The summed E-state index contributed by atoms with van der Waals surface area (Å²) in [6, 6.07) is 2.13. The standard InChI is InChI=1S/C24H31NO2/c1-5-15-7-6-8-18-21(15)19(26)11-20-23(18,3)10-9-17-14(2)22(27)16(13-25)12-24(17,20)4/h11-12,14-15,17-18,21H,5-10H2,1-4H3. The lowest BCUT2D eigenvalue weighted by Crippen LogP contribution is -2.55. The van der Waals surface area contributed by atoms with Crippen LogP contribution in [0.5, 0.6) is 0 Å². The molecular formula is C24H31NO2. The second-order valence-electron chi connectivity index (χ2n) is 9.86. The third-order valence-corrected chi connectivity index (χ3v) is 8.78. The summed E-state index contributed by atoms with van der Waals surface area (Å²) in [6.07, 6.45) is 10.5. The van der Waals surface area contributed by atoms with E-state index in [1.54, 1.807) is 0 Å². The van der Waals surface area contributed by atoms with Crippen LogP contribution in [0.2, 0.25) is 0 Å². The van der Waals surface area contributed by atoms with Crippen molar-refractivity contribution < 1.29 is 9.59 Å². The van der Waals surface area contributed by atoms with Crippen molar-refractivity contribution in [3.63, 3.8) is 0 Å². The minimum Gasteiger partial charge on any atom is -0.295 e. The van der Waals surface area contributed by atoms with Gasteiger partial charge in [0.2, 0.25) is 0 Å². The molecule has 7 unspecified atom stereocenters. The molecule has 4 aliphatic rings. The summed E-state index contributed by atoms with van der Waals surface area (Å²) in [5, 5.41) is 9.52. The molecule has 144 valence electrons. The Kier molecular flexibility index (Phi) is 4.26. The first-order valence-corrected chi connectivity index (χ1v) is 10.7. The molecule has 0 aromatic rings. The van der Waals surface area contributed by atoms with E-state index < -0.39 is 0 Å². The van der Waals surface area contributed by atoms with E-state index in [2.05, 4.69) is 26.8 Å². The Morgan fingerprint density at radius 2 is 1.93 bits per heavy atom. The number of nitrogens with zero attached hydrogens (tertiary/aromatic N) is 1. The zero-order valence-electron chi connectivity index (χ0n) is 17.0. The van der Waals surface area contributed by atoms with Gasteiger partial charge in [0.25, 0.3) is 0 Å². The van der Waals surface area contributed by atoms with E-state index in [1.165, 1.54) is 18.4 Å². The molecule has 0 aliphatic heterocycles. The average Bonchev–Trinajstić information content (AvgIpc) is 2.66. The van der Waals surface area contributed by atoms with E-state index in [4.69, 9.17) is 0 Å². The van der Waals surface area contributed by atoms with Gasteiger partial charge in [0.15, 0.2) is 11.6 Å². The molecule has 3 heteroatoms. The van der Waals surface area contributed by atoms with E-state index in [9.17, 15) is 14.9 Å². The summed E-state index contributed by atoms with van der Waals surface area (Å²) in [6.45, 7) is 8.73. The second kappa shape index (κ2) is 6.16. The number of Topliss-reactive ketones (excluding diaryl/α,β-unsaturated/α-hetero) is 1. The highest BCUT2D eigenvalue weighted by Crippen LogP contribution is 2.65. The maximum Gasteiger partial charge on any atom is 0.176 e. The highest BCUT2D eigenvalue weighted by atomic mass is 16.1. The van der Waals surface area contributed by atoms with Crippen LogP contribution in [0.25, 0.3) is 0 Å². The lowest BCUT2D eigenvalue weighted by atomic mass is 9.43. The number of carbonyl (C=O) groups is 2. The van der Waals surface area contributed by atoms with Gasteiger partial charge in [-0.15, -0.1) is 0 Å². The largest absolute Gasteiger partial charge is 0.295 e. The van der Waals surface area contributed by atoms with Crippen LogP contribution in [0.4, 0.5) is 0 Å². The van der Waals surface area contributed by atoms with Crippen LogP contribution in [0.3, 0.4) is 0 Å². The molecule has 27 heavy (non-hydrogen) atoms. The van der Waals surface area contributed by atoms with E-state index >= 15 is 0 Å². The lowest BCUT2D eigenvalue weighted by molar-refractivity contribution is -0.130. The highest BCUT2D eigenvalue weighted by Gasteiger charge is 2.60. The molecule has 2 fully saturated rings. The number of carbonyl (C=O) groups excluding carboxylic acids is 2. The molecule has 0 bridgehead atoms. The van der Waals surface area contributed by atoms with Gasteiger partial charge in [-0.1, -0.05) is 52.2 Å². The van der Waals surface area contributed by atoms with Crippen molar-refractivity contribution in [2.75, 3.05) is 0 Å². The Labute approximate surface area is 162 Å². The summed E-state index contributed by atoms with van der Waals surface area (Å²) in [5.74, 6) is 1.41. The Morgan fingerprint density at radius 3 is 2.59 bits per heavy atom. The number of hydrogen-bond acceptors (Lipinski definition) is 3. The zero-order chi connectivity index (χ0) is 19.6. The minimum absolute atomic E-state index is 0.00877. The van der Waals surface area contributed by atoms with Crippen LogP contribution in [-0.2, 0) is 9.59 Å². The Bertz CT molecular complexity index is 800. The number of fused-ring (bicyclic) bond motifs is 5. The molecule has 0 N–H and O–H groups in total. The van der Waals surface area contributed by atoms with E-state index in [0.717, 1.165) is 25.7 Å². The van der Waals surface area contributed by atoms with Crippen LogP contribution in [0, 0.1) is 51.8 Å². The smallest absolute Gasteiger partial charge is 0.176 e. The van der Waals surface area contributed by atoms with Crippen molar-refractivity contribution in [3.05, 3.63) is 23.3 Å².